The van der Waals surface area contributed by atoms with Crippen molar-refractivity contribution in [2.45, 2.75) is 13.0 Å². The van der Waals surface area contributed by atoms with E-state index in [0.717, 1.165) is 16.5 Å². The number of carbonyl (C=O) groups is 1. The largest absolute Gasteiger partial charge is 0.480 e. The van der Waals surface area contributed by atoms with E-state index in [1.807, 2.05) is 31.2 Å². The van der Waals surface area contributed by atoms with Crippen LogP contribution >= 0.6 is 0 Å². The molecule has 1 aromatic carbocycles. The normalized spacial score (nSPS) is 13.0. The lowest BCUT2D eigenvalue weighted by Crippen LogP contribution is -2.36. The lowest BCUT2D eigenvalue weighted by molar-refractivity contribution is -0.143. The van der Waals surface area contributed by atoms with E-state index >= 15 is 0 Å². The predicted octanol–water partition coefficient (Wildman–Crippen LogP) is 1.61. The van der Waals surface area contributed by atoms with Crippen molar-refractivity contribution in [3.8, 4) is 0 Å². The second kappa shape index (κ2) is 5.86. The van der Waals surface area contributed by atoms with E-state index in [2.05, 4.69) is 4.98 Å². The highest BCUT2D eigenvalue weighted by molar-refractivity contribution is 5.89. The molecule has 0 aliphatic rings. The standard InChI is InChI=1S/C14H18N2O3/c1-2-16(7-8-17)13(14(18)19)11-9-15-12-6-4-3-5-10(11)12/h3-6,9,13,15,17H,2,7-8H2,1H3,(H,18,19). The Morgan fingerprint density at radius 2 is 2.16 bits per heavy atom. The van der Waals surface area contributed by atoms with Crippen LogP contribution in [0.3, 0.4) is 0 Å². The van der Waals surface area contributed by atoms with Gasteiger partial charge in [-0.25, -0.2) is 0 Å². The first-order valence-electron chi connectivity index (χ1n) is 6.32. The van der Waals surface area contributed by atoms with Gasteiger partial charge in [-0.1, -0.05) is 25.1 Å². The first-order chi connectivity index (χ1) is 9.19. The number of benzene rings is 1. The minimum Gasteiger partial charge on any atom is -0.480 e. The van der Waals surface area contributed by atoms with Gasteiger partial charge in [0.15, 0.2) is 0 Å². The van der Waals surface area contributed by atoms with Crippen LogP contribution in [0.25, 0.3) is 10.9 Å². The predicted molar refractivity (Wildman–Crippen MR) is 73.0 cm³/mol. The highest BCUT2D eigenvalue weighted by Gasteiger charge is 2.28. The Balaban J connectivity index is 2.46. The molecular formula is C14H18N2O3. The summed E-state index contributed by atoms with van der Waals surface area (Å²) in [4.78, 5) is 16.4. The fourth-order valence-electron chi connectivity index (χ4n) is 2.40. The molecule has 1 atom stereocenters. The number of aromatic amines is 1. The maximum absolute atomic E-state index is 11.6. The number of hydrogen-bond acceptors (Lipinski definition) is 3. The van der Waals surface area contributed by atoms with Gasteiger partial charge in [0.2, 0.25) is 0 Å². The second-order valence-electron chi connectivity index (χ2n) is 4.38. The van der Waals surface area contributed by atoms with Crippen molar-refractivity contribution in [2.24, 2.45) is 0 Å². The van der Waals surface area contributed by atoms with Crippen molar-refractivity contribution in [3.05, 3.63) is 36.0 Å². The molecule has 0 bridgehead atoms. The van der Waals surface area contributed by atoms with E-state index in [1.54, 1.807) is 11.1 Å². The summed E-state index contributed by atoms with van der Waals surface area (Å²) in [5.74, 6) is -0.903. The molecule has 19 heavy (non-hydrogen) atoms. The summed E-state index contributed by atoms with van der Waals surface area (Å²) in [5, 5.41) is 19.5. The fraction of sp³-hybridized carbons (Fsp3) is 0.357. The second-order valence-corrected chi connectivity index (χ2v) is 4.38. The highest BCUT2D eigenvalue weighted by atomic mass is 16.4. The number of rotatable bonds is 6. The van der Waals surface area contributed by atoms with Crippen LogP contribution in [0.2, 0.25) is 0 Å². The molecule has 1 unspecified atom stereocenters. The molecule has 0 aliphatic heterocycles. The quantitative estimate of drug-likeness (QED) is 0.739. The van der Waals surface area contributed by atoms with Gasteiger partial charge in [0.25, 0.3) is 0 Å². The Morgan fingerprint density at radius 3 is 2.79 bits per heavy atom. The van der Waals surface area contributed by atoms with Crippen LogP contribution in [0.1, 0.15) is 18.5 Å². The van der Waals surface area contributed by atoms with E-state index < -0.39 is 12.0 Å². The number of carboxylic acid groups (broad SMARTS) is 1. The highest BCUT2D eigenvalue weighted by Crippen LogP contribution is 2.28. The summed E-state index contributed by atoms with van der Waals surface area (Å²) >= 11 is 0. The zero-order chi connectivity index (χ0) is 13.8. The minimum absolute atomic E-state index is 0.0556. The molecule has 5 heteroatoms. The third-order valence-electron chi connectivity index (χ3n) is 3.31. The molecule has 0 saturated carbocycles. The Labute approximate surface area is 111 Å². The van der Waals surface area contributed by atoms with Gasteiger partial charge in [0.1, 0.15) is 6.04 Å². The fourth-order valence-corrected chi connectivity index (χ4v) is 2.40. The number of carboxylic acids is 1. The minimum atomic E-state index is -0.903. The maximum atomic E-state index is 11.6. The van der Waals surface area contributed by atoms with Gasteiger partial charge in [0.05, 0.1) is 6.61 Å². The number of hydrogen-bond donors (Lipinski definition) is 3. The molecule has 2 rings (SSSR count). The molecule has 0 aliphatic carbocycles. The van der Waals surface area contributed by atoms with Crippen LogP contribution in [-0.2, 0) is 4.79 Å². The van der Waals surface area contributed by atoms with E-state index in [1.165, 1.54) is 0 Å². The number of para-hydroxylation sites is 1. The molecule has 0 saturated heterocycles. The first kappa shape index (κ1) is 13.6. The Hall–Kier alpha value is -1.85. The number of aliphatic hydroxyl groups excluding tert-OH is 1. The SMILES string of the molecule is CCN(CCO)C(C(=O)O)c1c[nH]c2ccccc12. The monoisotopic (exact) mass is 262 g/mol. The van der Waals surface area contributed by atoms with Crippen molar-refractivity contribution >= 4 is 16.9 Å². The molecule has 0 amide bonds. The van der Waals surface area contributed by atoms with Crippen LogP contribution in [0.15, 0.2) is 30.5 Å². The zero-order valence-corrected chi connectivity index (χ0v) is 10.8. The summed E-state index contributed by atoms with van der Waals surface area (Å²) < 4.78 is 0. The maximum Gasteiger partial charge on any atom is 0.325 e. The summed E-state index contributed by atoms with van der Waals surface area (Å²) in [6, 6.07) is 6.88. The number of H-pyrrole nitrogens is 1. The summed E-state index contributed by atoms with van der Waals surface area (Å²) in [6.07, 6.45) is 1.74. The van der Waals surface area contributed by atoms with Gasteiger partial charge in [-0.15, -0.1) is 0 Å². The van der Waals surface area contributed by atoms with Crippen LogP contribution in [0.5, 0.6) is 0 Å². The average Bonchev–Trinajstić information content (AvgIpc) is 2.82. The Bertz CT molecular complexity index is 565. The van der Waals surface area contributed by atoms with Gasteiger partial charge in [0, 0.05) is 29.2 Å². The van der Waals surface area contributed by atoms with Crippen LogP contribution in [0, 0.1) is 0 Å². The number of nitrogens with one attached hydrogen (secondary N) is 1. The van der Waals surface area contributed by atoms with Crippen LogP contribution < -0.4 is 0 Å². The topological polar surface area (TPSA) is 76.6 Å². The number of aliphatic carboxylic acids is 1. The van der Waals surface area contributed by atoms with Crippen molar-refractivity contribution in [1.82, 2.24) is 9.88 Å². The molecule has 1 heterocycles. The number of fused-ring (bicyclic) bond motifs is 1. The van der Waals surface area contributed by atoms with Gasteiger partial charge >= 0.3 is 5.97 Å². The molecule has 102 valence electrons. The summed E-state index contributed by atoms with van der Waals surface area (Å²) in [7, 11) is 0. The molecule has 0 spiro atoms. The zero-order valence-electron chi connectivity index (χ0n) is 10.8. The third-order valence-corrected chi connectivity index (χ3v) is 3.31. The van der Waals surface area contributed by atoms with Gasteiger partial charge in [-0.3, -0.25) is 9.69 Å². The lowest BCUT2D eigenvalue weighted by atomic mass is 10.0. The Morgan fingerprint density at radius 1 is 1.42 bits per heavy atom. The van der Waals surface area contributed by atoms with Gasteiger partial charge in [-0.2, -0.15) is 0 Å². The molecule has 0 fully saturated rings. The summed E-state index contributed by atoms with van der Waals surface area (Å²) in [6.45, 7) is 2.74. The Kier molecular flexibility index (Phi) is 4.19. The summed E-state index contributed by atoms with van der Waals surface area (Å²) in [5.41, 5.74) is 1.65. The number of aromatic nitrogens is 1. The van der Waals surface area contributed by atoms with E-state index in [4.69, 9.17) is 5.11 Å². The van der Waals surface area contributed by atoms with E-state index in [-0.39, 0.29) is 6.61 Å². The van der Waals surface area contributed by atoms with Gasteiger partial charge in [-0.05, 0) is 12.6 Å². The number of aliphatic hydroxyl groups is 1. The van der Waals surface area contributed by atoms with Crippen molar-refractivity contribution in [1.29, 1.82) is 0 Å². The third kappa shape index (κ3) is 2.62. The average molecular weight is 262 g/mol. The van der Waals surface area contributed by atoms with Crippen molar-refractivity contribution in [3.63, 3.8) is 0 Å². The van der Waals surface area contributed by atoms with Crippen molar-refractivity contribution in [2.75, 3.05) is 19.7 Å². The molecule has 3 N–H and O–H groups in total. The molecule has 2 aromatic rings. The number of nitrogens with zero attached hydrogens (tertiary/aromatic N) is 1. The molecular weight excluding hydrogens is 244 g/mol. The molecule has 0 radical (unpaired) electrons. The van der Waals surface area contributed by atoms with Gasteiger partial charge < -0.3 is 15.2 Å². The molecule has 1 aromatic heterocycles. The lowest BCUT2D eigenvalue weighted by Gasteiger charge is -2.26. The van der Waals surface area contributed by atoms with Crippen LogP contribution in [0.4, 0.5) is 0 Å². The molecule has 5 nitrogen and oxygen atoms in total. The van der Waals surface area contributed by atoms with Crippen LogP contribution in [-0.4, -0.2) is 45.8 Å². The van der Waals surface area contributed by atoms with E-state index in [0.29, 0.717) is 13.1 Å². The smallest absolute Gasteiger partial charge is 0.325 e. The number of likely N-dealkylation sites (N-methyl/N-ethyl adjacent to an activating group) is 1. The van der Waals surface area contributed by atoms with Crippen molar-refractivity contribution < 1.29 is 15.0 Å². The van der Waals surface area contributed by atoms with E-state index in [9.17, 15) is 9.90 Å². The first-order valence-corrected chi connectivity index (χ1v) is 6.32.